The van der Waals surface area contributed by atoms with Gasteiger partial charge in [0.2, 0.25) is 0 Å². The van der Waals surface area contributed by atoms with E-state index in [1.54, 1.807) is 12.1 Å². The van der Waals surface area contributed by atoms with Crippen molar-refractivity contribution in [2.75, 3.05) is 5.75 Å². The van der Waals surface area contributed by atoms with E-state index in [1.807, 2.05) is 13.8 Å². The first-order valence-electron chi connectivity index (χ1n) is 6.38. The van der Waals surface area contributed by atoms with E-state index in [9.17, 15) is 19.8 Å². The highest BCUT2D eigenvalue weighted by Crippen LogP contribution is 2.35. The lowest BCUT2D eigenvalue weighted by atomic mass is 10.1. The summed E-state index contributed by atoms with van der Waals surface area (Å²) in [5.74, 6) is -0.796. The van der Waals surface area contributed by atoms with Gasteiger partial charge in [0.1, 0.15) is 11.8 Å². The molecule has 0 aromatic heterocycles. The van der Waals surface area contributed by atoms with Crippen molar-refractivity contribution >= 4 is 23.6 Å². The van der Waals surface area contributed by atoms with Gasteiger partial charge in [0.25, 0.3) is 5.91 Å². The highest BCUT2D eigenvalue weighted by Gasteiger charge is 2.43. The number of carboxylic acids is 1. The number of amides is 1. The van der Waals surface area contributed by atoms with E-state index in [0.29, 0.717) is 11.3 Å². The molecule has 1 aromatic rings. The van der Waals surface area contributed by atoms with Gasteiger partial charge in [-0.2, -0.15) is 0 Å². The number of aromatic hydroxyl groups is 1. The number of phenols is 1. The van der Waals surface area contributed by atoms with Gasteiger partial charge < -0.3 is 15.1 Å². The van der Waals surface area contributed by atoms with Crippen molar-refractivity contribution in [3.8, 4) is 5.75 Å². The van der Waals surface area contributed by atoms with E-state index in [2.05, 4.69) is 0 Å². The maximum atomic E-state index is 12.6. The van der Waals surface area contributed by atoms with Crippen LogP contribution >= 0.6 is 11.8 Å². The maximum absolute atomic E-state index is 12.6. The number of nitrogens with zero attached hydrogens (tertiary/aromatic N) is 1. The smallest absolute Gasteiger partial charge is 0.327 e. The van der Waals surface area contributed by atoms with Crippen molar-refractivity contribution < 1.29 is 19.8 Å². The third-order valence-corrected chi connectivity index (χ3v) is 4.84. The molecule has 0 aliphatic carbocycles. The summed E-state index contributed by atoms with van der Waals surface area (Å²) in [5, 5.41) is 18.6. The maximum Gasteiger partial charge on any atom is 0.327 e. The van der Waals surface area contributed by atoms with Crippen molar-refractivity contribution in [1.29, 1.82) is 0 Å². The molecule has 6 heteroatoms. The Bertz CT molecular complexity index is 532. The molecule has 0 radical (unpaired) electrons. The molecule has 108 valence electrons. The molecule has 0 spiro atoms. The Labute approximate surface area is 121 Å². The Kier molecular flexibility index (Phi) is 4.23. The van der Waals surface area contributed by atoms with Crippen LogP contribution in [0.5, 0.6) is 5.75 Å². The zero-order valence-corrected chi connectivity index (χ0v) is 12.1. The number of hydrogen-bond acceptors (Lipinski definition) is 4. The third kappa shape index (κ3) is 2.75. The summed E-state index contributed by atoms with van der Waals surface area (Å²) in [4.78, 5) is 25.3. The van der Waals surface area contributed by atoms with Gasteiger partial charge in [0.15, 0.2) is 0 Å². The predicted molar refractivity (Wildman–Crippen MR) is 76.8 cm³/mol. The number of hydrogen-bond donors (Lipinski definition) is 2. The van der Waals surface area contributed by atoms with Crippen LogP contribution in [-0.2, 0) is 4.79 Å². The first-order valence-corrected chi connectivity index (χ1v) is 7.42. The predicted octanol–water partition coefficient (Wildman–Crippen LogP) is 2.02. The Morgan fingerprint density at radius 2 is 2.10 bits per heavy atom. The topological polar surface area (TPSA) is 77.8 Å². The van der Waals surface area contributed by atoms with Crippen molar-refractivity contribution in [3.63, 3.8) is 0 Å². The molecule has 0 bridgehead atoms. The van der Waals surface area contributed by atoms with Crippen molar-refractivity contribution in [2.45, 2.75) is 25.3 Å². The number of aliphatic carboxylic acids is 1. The molecule has 1 heterocycles. The molecule has 20 heavy (non-hydrogen) atoms. The number of benzene rings is 1. The fraction of sp³-hybridized carbons (Fsp3) is 0.429. The van der Waals surface area contributed by atoms with Gasteiger partial charge >= 0.3 is 5.97 Å². The summed E-state index contributed by atoms with van der Waals surface area (Å²) in [6.45, 7) is 3.93. The van der Waals surface area contributed by atoms with Crippen LogP contribution in [0.15, 0.2) is 24.3 Å². The highest BCUT2D eigenvalue weighted by atomic mass is 32.2. The van der Waals surface area contributed by atoms with E-state index >= 15 is 0 Å². The average Bonchev–Trinajstić information content (AvgIpc) is 2.82. The van der Waals surface area contributed by atoms with Crippen LogP contribution in [-0.4, -0.2) is 44.2 Å². The van der Waals surface area contributed by atoms with Gasteiger partial charge in [-0.05, 0) is 24.1 Å². The summed E-state index contributed by atoms with van der Waals surface area (Å²) >= 11 is 1.48. The molecule has 1 saturated heterocycles. The van der Waals surface area contributed by atoms with Crippen LogP contribution < -0.4 is 0 Å². The molecular formula is C14H17NO4S. The van der Waals surface area contributed by atoms with Crippen LogP contribution in [0.4, 0.5) is 0 Å². The van der Waals surface area contributed by atoms with E-state index in [-0.39, 0.29) is 22.9 Å². The van der Waals surface area contributed by atoms with E-state index in [4.69, 9.17) is 0 Å². The van der Waals surface area contributed by atoms with Crippen LogP contribution in [0.3, 0.4) is 0 Å². The highest BCUT2D eigenvalue weighted by molar-refractivity contribution is 8.00. The zero-order valence-electron chi connectivity index (χ0n) is 11.3. The van der Waals surface area contributed by atoms with Gasteiger partial charge in [-0.1, -0.05) is 19.9 Å². The van der Waals surface area contributed by atoms with Gasteiger partial charge in [-0.15, -0.1) is 11.8 Å². The van der Waals surface area contributed by atoms with Crippen LogP contribution in [0.1, 0.15) is 24.2 Å². The fourth-order valence-corrected chi connectivity index (χ4v) is 3.75. The fourth-order valence-electron chi connectivity index (χ4n) is 2.28. The molecule has 1 aliphatic rings. The first-order chi connectivity index (χ1) is 9.41. The molecule has 2 rings (SSSR count). The SMILES string of the molecule is CC(C)C1SCC(C(=O)O)N1C(=O)c1cccc(O)c1. The normalized spacial score (nSPS) is 22.2. The molecule has 0 saturated carbocycles. The molecule has 2 atom stereocenters. The van der Waals surface area contributed by atoms with Crippen molar-refractivity contribution in [1.82, 2.24) is 4.90 Å². The second-order valence-corrected chi connectivity index (χ2v) is 6.23. The number of carbonyl (C=O) groups is 2. The van der Waals surface area contributed by atoms with Crippen LogP contribution in [0.25, 0.3) is 0 Å². The minimum atomic E-state index is -0.992. The lowest BCUT2D eigenvalue weighted by Gasteiger charge is -2.29. The van der Waals surface area contributed by atoms with Crippen molar-refractivity contribution in [3.05, 3.63) is 29.8 Å². The standard InChI is InChI=1S/C14H17NO4S/c1-8(2)13-15(11(7-20-13)14(18)19)12(17)9-4-3-5-10(16)6-9/h3-6,8,11,13,16H,7H2,1-2H3,(H,18,19). The molecule has 1 fully saturated rings. The Hall–Kier alpha value is -1.69. The number of carbonyl (C=O) groups excluding carboxylic acids is 1. The van der Waals surface area contributed by atoms with Crippen LogP contribution in [0, 0.1) is 5.92 Å². The lowest BCUT2D eigenvalue weighted by Crippen LogP contribution is -2.47. The quantitative estimate of drug-likeness (QED) is 0.892. The largest absolute Gasteiger partial charge is 0.508 e. The molecule has 2 unspecified atom stereocenters. The van der Waals surface area contributed by atoms with E-state index in [1.165, 1.54) is 28.8 Å². The molecule has 1 aliphatic heterocycles. The number of phenolic OH excluding ortho intramolecular Hbond substituents is 1. The van der Waals surface area contributed by atoms with Crippen LogP contribution in [0.2, 0.25) is 0 Å². The number of thioether (sulfide) groups is 1. The molecule has 2 N–H and O–H groups in total. The average molecular weight is 295 g/mol. The first kappa shape index (κ1) is 14.7. The Balaban J connectivity index is 2.34. The number of carboxylic acid groups (broad SMARTS) is 1. The second kappa shape index (κ2) is 5.75. The van der Waals surface area contributed by atoms with E-state index < -0.39 is 12.0 Å². The van der Waals surface area contributed by atoms with Crippen molar-refractivity contribution in [2.24, 2.45) is 5.92 Å². The molecule has 1 amide bonds. The monoisotopic (exact) mass is 295 g/mol. The van der Waals surface area contributed by atoms with Gasteiger partial charge in [-0.25, -0.2) is 4.79 Å². The van der Waals surface area contributed by atoms with E-state index in [0.717, 1.165) is 0 Å². The summed E-state index contributed by atoms with van der Waals surface area (Å²) in [6.07, 6.45) is 0. The minimum Gasteiger partial charge on any atom is -0.508 e. The summed E-state index contributed by atoms with van der Waals surface area (Å²) in [5.41, 5.74) is 0.310. The van der Waals surface area contributed by atoms with Gasteiger partial charge in [0.05, 0.1) is 5.37 Å². The molecular weight excluding hydrogens is 278 g/mol. The zero-order chi connectivity index (χ0) is 14.9. The summed E-state index contributed by atoms with van der Waals surface area (Å²) in [7, 11) is 0. The summed E-state index contributed by atoms with van der Waals surface area (Å²) < 4.78 is 0. The Morgan fingerprint density at radius 1 is 1.40 bits per heavy atom. The summed E-state index contributed by atoms with van der Waals surface area (Å²) in [6, 6.07) is 5.18. The molecule has 1 aromatic carbocycles. The second-order valence-electron chi connectivity index (χ2n) is 5.08. The van der Waals surface area contributed by atoms with Gasteiger partial charge in [0, 0.05) is 11.3 Å². The van der Waals surface area contributed by atoms with Gasteiger partial charge in [-0.3, -0.25) is 4.79 Å². The minimum absolute atomic E-state index is 0.00401. The number of rotatable bonds is 3. The lowest BCUT2D eigenvalue weighted by molar-refractivity contribution is -0.141. The molecule has 5 nitrogen and oxygen atoms in total. The Morgan fingerprint density at radius 3 is 2.65 bits per heavy atom. The third-order valence-electron chi connectivity index (χ3n) is 3.22.